The van der Waals surface area contributed by atoms with Crippen LogP contribution in [0.3, 0.4) is 0 Å². The van der Waals surface area contributed by atoms with Crippen LogP contribution in [0.1, 0.15) is 96.8 Å². The average Bonchev–Trinajstić information content (AvgIpc) is 3.54. The number of fused-ring (bicyclic) bond motifs is 2. The normalized spacial score (nSPS) is 27.7. The van der Waals surface area contributed by atoms with Crippen LogP contribution in [0.4, 0.5) is 10.9 Å². The van der Waals surface area contributed by atoms with E-state index in [0.717, 1.165) is 53.4 Å². The van der Waals surface area contributed by atoms with E-state index < -0.39 is 5.97 Å². The molecule has 6 N–H and O–H groups in total. The monoisotopic (exact) mass is 747 g/mol. The van der Waals surface area contributed by atoms with Gasteiger partial charge >= 0.3 is 5.97 Å². The van der Waals surface area contributed by atoms with E-state index in [9.17, 15) is 14.7 Å². The van der Waals surface area contributed by atoms with Crippen LogP contribution in [0.2, 0.25) is 0 Å². The van der Waals surface area contributed by atoms with Gasteiger partial charge in [-0.3, -0.25) is 15.1 Å². The Hall–Kier alpha value is -4.65. The Kier molecular flexibility index (Phi) is 9.14. The summed E-state index contributed by atoms with van der Waals surface area (Å²) in [6.07, 6.45) is 8.62. The fourth-order valence-electron chi connectivity index (χ4n) is 11.3. The van der Waals surface area contributed by atoms with Crippen LogP contribution in [0.25, 0.3) is 15.8 Å². The van der Waals surface area contributed by atoms with Crippen LogP contribution in [-0.2, 0) is 17.7 Å². The molecule has 12 heteroatoms. The van der Waals surface area contributed by atoms with Gasteiger partial charge in [0.2, 0.25) is 0 Å². The SMILES string of the molecule is CC(=NCC12CC3(C)CC(C)(C1)CC(OCCN)(C3)C2)C(=CN)c1ccc(N2CCc3cccc(C(=O)Nc4nc5ccccc5s4)c3C2)nc1C(=O)O. The van der Waals surface area contributed by atoms with Crippen LogP contribution >= 0.6 is 11.3 Å². The number of nitrogens with two attached hydrogens (primary N) is 2. The molecular formula is C42H49N7O4S. The summed E-state index contributed by atoms with van der Waals surface area (Å²) in [5.41, 5.74) is 17.3. The van der Waals surface area contributed by atoms with E-state index in [1.165, 1.54) is 24.0 Å². The van der Waals surface area contributed by atoms with Gasteiger partial charge in [0.15, 0.2) is 10.8 Å². The van der Waals surface area contributed by atoms with Gasteiger partial charge in [-0.1, -0.05) is 49.4 Å². The zero-order valence-corrected chi connectivity index (χ0v) is 32.1. The lowest BCUT2D eigenvalue weighted by molar-refractivity contribution is -0.241. The van der Waals surface area contributed by atoms with Crippen LogP contribution in [0.5, 0.6) is 0 Å². The summed E-state index contributed by atoms with van der Waals surface area (Å²) >= 11 is 1.43. The first-order valence-corrected chi connectivity index (χ1v) is 19.7. The number of nitrogens with one attached hydrogen (secondary N) is 1. The van der Waals surface area contributed by atoms with Gasteiger partial charge in [0.05, 0.1) is 22.4 Å². The molecular weight excluding hydrogens is 699 g/mol. The molecule has 11 nitrogen and oxygen atoms in total. The van der Waals surface area contributed by atoms with Crippen molar-refractivity contribution in [2.24, 2.45) is 32.7 Å². The molecule has 4 fully saturated rings. The summed E-state index contributed by atoms with van der Waals surface area (Å²) in [6.45, 7) is 9.46. The minimum atomic E-state index is -1.15. The second kappa shape index (κ2) is 13.6. The number of carbonyl (C=O) groups excluding carboxylic acids is 1. The third-order valence-electron chi connectivity index (χ3n) is 12.1. The molecule has 4 saturated carbocycles. The summed E-state index contributed by atoms with van der Waals surface area (Å²) in [6, 6.07) is 17.2. The van der Waals surface area contributed by atoms with E-state index in [0.29, 0.717) is 72.6 Å². The van der Waals surface area contributed by atoms with E-state index in [1.54, 1.807) is 6.07 Å². The molecule has 1 aliphatic heterocycles. The van der Waals surface area contributed by atoms with Crippen molar-refractivity contribution in [3.63, 3.8) is 0 Å². The third-order valence-corrected chi connectivity index (χ3v) is 13.1. The highest BCUT2D eigenvalue weighted by atomic mass is 32.1. The predicted molar refractivity (Wildman–Crippen MR) is 214 cm³/mol. The van der Waals surface area contributed by atoms with Gasteiger partial charge in [-0.2, -0.15) is 0 Å². The number of para-hydroxylation sites is 1. The highest BCUT2D eigenvalue weighted by Gasteiger charge is 2.66. The number of hydrogen-bond acceptors (Lipinski definition) is 10. The van der Waals surface area contributed by atoms with Crippen LogP contribution < -0.4 is 21.7 Å². The number of carbonyl (C=O) groups is 2. The van der Waals surface area contributed by atoms with Crippen LogP contribution in [0.15, 0.2) is 65.8 Å². The van der Waals surface area contributed by atoms with Crippen molar-refractivity contribution in [2.75, 3.05) is 36.5 Å². The summed E-state index contributed by atoms with van der Waals surface area (Å²) in [7, 11) is 0. The number of ether oxygens (including phenoxy) is 1. The minimum Gasteiger partial charge on any atom is -0.476 e. The Balaban J connectivity index is 1.03. The minimum absolute atomic E-state index is 0.000250. The summed E-state index contributed by atoms with van der Waals surface area (Å²) < 4.78 is 7.56. The molecule has 5 aliphatic rings. The molecule has 0 spiro atoms. The van der Waals surface area contributed by atoms with E-state index in [4.69, 9.17) is 26.2 Å². The van der Waals surface area contributed by atoms with Gasteiger partial charge in [0.1, 0.15) is 5.82 Å². The first kappa shape index (κ1) is 36.3. The number of aromatic nitrogens is 2. The van der Waals surface area contributed by atoms with Gasteiger partial charge in [0.25, 0.3) is 5.91 Å². The lowest BCUT2D eigenvalue weighted by Crippen LogP contribution is -2.64. The number of hydrogen-bond donors (Lipinski definition) is 4. The summed E-state index contributed by atoms with van der Waals surface area (Å²) in [5, 5.41) is 14.0. The molecule has 2 aromatic carbocycles. The molecule has 282 valence electrons. The van der Waals surface area contributed by atoms with Crippen molar-refractivity contribution < 1.29 is 19.4 Å². The molecule has 9 rings (SSSR count). The molecule has 2 aromatic heterocycles. The first-order valence-electron chi connectivity index (χ1n) is 18.9. The number of thiazole rings is 1. The lowest BCUT2D eigenvalue weighted by Gasteiger charge is -2.69. The number of carboxylic acid groups (broad SMARTS) is 1. The number of nitrogens with zero attached hydrogens (tertiary/aromatic N) is 4. The molecule has 3 heterocycles. The number of pyridine rings is 1. The second-order valence-corrected chi connectivity index (χ2v) is 17.9. The quantitative estimate of drug-likeness (QED) is 0.117. The molecule has 4 aromatic rings. The maximum Gasteiger partial charge on any atom is 0.355 e. The molecule has 4 aliphatic carbocycles. The van der Waals surface area contributed by atoms with Gasteiger partial charge in [-0.15, -0.1) is 0 Å². The summed E-state index contributed by atoms with van der Waals surface area (Å²) in [4.78, 5) is 42.8. The fraction of sp³-hybridized carbons (Fsp3) is 0.452. The van der Waals surface area contributed by atoms with Gasteiger partial charge in [-0.25, -0.2) is 14.8 Å². The number of amides is 1. The molecule has 1 amide bonds. The maximum atomic E-state index is 13.6. The van der Waals surface area contributed by atoms with Crippen molar-refractivity contribution in [3.05, 3.63) is 88.7 Å². The largest absolute Gasteiger partial charge is 0.476 e. The van der Waals surface area contributed by atoms with E-state index in [2.05, 4.69) is 24.1 Å². The Morgan fingerprint density at radius 1 is 1.00 bits per heavy atom. The molecule has 0 saturated heterocycles. The van der Waals surface area contributed by atoms with Crippen molar-refractivity contribution in [2.45, 2.75) is 77.9 Å². The van der Waals surface area contributed by atoms with Gasteiger partial charge in [-0.05, 0) is 110 Å². The Morgan fingerprint density at radius 2 is 1.78 bits per heavy atom. The second-order valence-electron chi connectivity index (χ2n) is 16.9. The Morgan fingerprint density at radius 3 is 2.50 bits per heavy atom. The highest BCUT2D eigenvalue weighted by molar-refractivity contribution is 7.22. The maximum absolute atomic E-state index is 13.6. The number of aliphatic imine (C=N–C) groups is 1. The zero-order chi connectivity index (χ0) is 37.9. The highest BCUT2D eigenvalue weighted by Crippen LogP contribution is 2.71. The lowest BCUT2D eigenvalue weighted by atomic mass is 9.39. The van der Waals surface area contributed by atoms with Crippen molar-refractivity contribution in [3.8, 4) is 0 Å². The molecule has 2 unspecified atom stereocenters. The first-order chi connectivity index (χ1) is 25.8. The number of anilines is 2. The van der Waals surface area contributed by atoms with Crippen molar-refractivity contribution in [1.82, 2.24) is 9.97 Å². The topological polar surface area (TPSA) is 169 Å². The van der Waals surface area contributed by atoms with Gasteiger partial charge < -0.3 is 26.2 Å². The van der Waals surface area contributed by atoms with E-state index in [1.807, 2.05) is 60.4 Å². The fourth-order valence-corrected chi connectivity index (χ4v) is 12.1. The number of rotatable bonds is 11. The molecule has 54 heavy (non-hydrogen) atoms. The van der Waals surface area contributed by atoms with Crippen molar-refractivity contribution >= 4 is 55.7 Å². The number of aromatic carboxylic acids is 1. The smallest absolute Gasteiger partial charge is 0.355 e. The number of carboxylic acids is 1. The summed E-state index contributed by atoms with van der Waals surface area (Å²) in [5.74, 6) is -0.856. The predicted octanol–water partition coefficient (Wildman–Crippen LogP) is 7.06. The number of benzene rings is 2. The van der Waals surface area contributed by atoms with Crippen LogP contribution in [-0.4, -0.2) is 64.5 Å². The molecule has 4 bridgehead atoms. The zero-order valence-electron chi connectivity index (χ0n) is 31.3. The number of allylic oxidation sites excluding steroid dienone is 1. The third kappa shape index (κ3) is 6.69. The van der Waals surface area contributed by atoms with Crippen LogP contribution in [0, 0.1) is 16.2 Å². The van der Waals surface area contributed by atoms with Crippen molar-refractivity contribution in [1.29, 1.82) is 0 Å². The van der Waals surface area contributed by atoms with E-state index in [-0.39, 0.29) is 33.4 Å². The average molecular weight is 748 g/mol. The Bertz CT molecular complexity index is 2160. The van der Waals surface area contributed by atoms with Gasteiger partial charge in [0, 0.05) is 54.8 Å². The standard InChI is InChI=1S/C42H49N7O4S/c1-26(45-25-41-20-39(2)19-40(3,21-41)23-42(22-39,24-41)53-16-14-43)30(17-44)28-11-12-34(47-35(28)37(51)52)49-15-13-27-7-6-8-29(31(27)18-49)36(50)48-38-46-32-9-4-5-10-33(32)54-38/h4-12,17H,13-16,18-25,43-44H2,1-3H3,(H,51,52)(H,46,48,50). The molecule has 2 atom stereocenters. The Labute approximate surface area is 319 Å². The van der Waals surface area contributed by atoms with E-state index >= 15 is 0 Å². The molecule has 0 radical (unpaired) electrons.